The average molecular weight is 789 g/mol. The smallest absolute Gasteiger partial charge is 0.0547 e. The van der Waals surface area contributed by atoms with E-state index in [9.17, 15) is 0 Å². The Morgan fingerprint density at radius 2 is 0.629 bits per heavy atom. The van der Waals surface area contributed by atoms with Gasteiger partial charge in [-0.25, -0.2) is 0 Å². The van der Waals surface area contributed by atoms with Crippen LogP contribution in [0.15, 0.2) is 243 Å². The van der Waals surface area contributed by atoms with E-state index in [-0.39, 0.29) is 0 Å². The summed E-state index contributed by atoms with van der Waals surface area (Å²) < 4.78 is 4.85. The third-order valence-electron chi connectivity index (χ3n) is 12.5. The summed E-state index contributed by atoms with van der Waals surface area (Å²) in [6.07, 6.45) is 0. The Kier molecular flexibility index (Phi) is 8.53. The lowest BCUT2D eigenvalue weighted by Crippen LogP contribution is -1.94. The van der Waals surface area contributed by atoms with Gasteiger partial charge in [-0.2, -0.15) is 0 Å². The molecule has 0 fully saturated rings. The van der Waals surface area contributed by atoms with Crippen LogP contribution in [-0.2, 0) is 0 Å². The number of aromatic nitrogens is 2. The number of nitrogens with zero attached hydrogens (tertiary/aromatic N) is 2. The monoisotopic (exact) mass is 788 g/mol. The van der Waals surface area contributed by atoms with Crippen molar-refractivity contribution in [1.29, 1.82) is 0 Å². The van der Waals surface area contributed by atoms with Crippen LogP contribution in [-0.4, -0.2) is 9.13 Å². The van der Waals surface area contributed by atoms with Crippen molar-refractivity contribution >= 4 is 43.6 Å². The van der Waals surface area contributed by atoms with Gasteiger partial charge >= 0.3 is 0 Å². The van der Waals surface area contributed by atoms with Gasteiger partial charge in [-0.3, -0.25) is 0 Å². The van der Waals surface area contributed by atoms with Gasteiger partial charge in [0.2, 0.25) is 0 Å². The summed E-state index contributed by atoms with van der Waals surface area (Å²) >= 11 is 0. The highest BCUT2D eigenvalue weighted by molar-refractivity contribution is 6.17. The van der Waals surface area contributed by atoms with Crippen molar-refractivity contribution in [1.82, 2.24) is 9.13 Å². The molecule has 0 spiro atoms. The van der Waals surface area contributed by atoms with E-state index in [1.54, 1.807) is 0 Å². The summed E-state index contributed by atoms with van der Waals surface area (Å²) in [5.74, 6) is 0. The summed E-state index contributed by atoms with van der Waals surface area (Å²) in [6, 6.07) is 88.3. The maximum Gasteiger partial charge on any atom is 0.0547 e. The van der Waals surface area contributed by atoms with Crippen LogP contribution >= 0.6 is 0 Å². The van der Waals surface area contributed by atoms with Gasteiger partial charge < -0.3 is 9.13 Å². The first-order valence-corrected chi connectivity index (χ1v) is 21.3. The van der Waals surface area contributed by atoms with E-state index in [0.29, 0.717) is 0 Å². The van der Waals surface area contributed by atoms with E-state index in [4.69, 9.17) is 0 Å². The van der Waals surface area contributed by atoms with Crippen molar-refractivity contribution in [2.24, 2.45) is 0 Å². The van der Waals surface area contributed by atoms with Crippen LogP contribution in [0.1, 0.15) is 0 Å². The first-order valence-electron chi connectivity index (χ1n) is 21.3. The highest BCUT2D eigenvalue weighted by Gasteiger charge is 2.19. The Balaban J connectivity index is 0.975. The minimum absolute atomic E-state index is 1.15. The molecular formula is C60H40N2. The number of rotatable bonds is 7. The Morgan fingerprint density at radius 3 is 1.29 bits per heavy atom. The Labute approximate surface area is 360 Å². The highest BCUT2D eigenvalue weighted by Crippen LogP contribution is 2.42. The minimum Gasteiger partial charge on any atom is -0.309 e. The van der Waals surface area contributed by atoms with E-state index in [2.05, 4.69) is 252 Å². The summed E-state index contributed by atoms with van der Waals surface area (Å²) in [5.41, 5.74) is 19.2. The maximum atomic E-state index is 2.44. The first kappa shape index (κ1) is 35.7. The molecule has 62 heavy (non-hydrogen) atoms. The summed E-state index contributed by atoms with van der Waals surface area (Å²) in [4.78, 5) is 0. The number of fused-ring (bicyclic) bond motifs is 6. The van der Waals surface area contributed by atoms with Crippen molar-refractivity contribution in [3.05, 3.63) is 243 Å². The lowest BCUT2D eigenvalue weighted by atomic mass is 9.97. The van der Waals surface area contributed by atoms with Crippen LogP contribution < -0.4 is 0 Å². The van der Waals surface area contributed by atoms with Gasteiger partial charge in [0.25, 0.3) is 0 Å². The molecule has 2 aromatic heterocycles. The van der Waals surface area contributed by atoms with Crippen LogP contribution in [0.2, 0.25) is 0 Å². The molecule has 0 aliphatic carbocycles. The summed E-state index contributed by atoms with van der Waals surface area (Å²) in [7, 11) is 0. The molecule has 0 aliphatic rings. The minimum atomic E-state index is 1.15. The zero-order chi connectivity index (χ0) is 41.0. The van der Waals surface area contributed by atoms with Crippen LogP contribution in [0.3, 0.4) is 0 Å². The van der Waals surface area contributed by atoms with Gasteiger partial charge in [-0.05, 0) is 116 Å². The van der Waals surface area contributed by atoms with Crippen LogP contribution in [0.5, 0.6) is 0 Å². The van der Waals surface area contributed by atoms with Crippen molar-refractivity contribution in [2.45, 2.75) is 0 Å². The van der Waals surface area contributed by atoms with Crippen LogP contribution in [0, 0.1) is 0 Å². The van der Waals surface area contributed by atoms with Crippen molar-refractivity contribution < 1.29 is 0 Å². The second kappa shape index (κ2) is 14.8. The highest BCUT2D eigenvalue weighted by atomic mass is 15.0. The van der Waals surface area contributed by atoms with Crippen molar-refractivity contribution in [3.8, 4) is 67.0 Å². The molecule has 0 saturated heterocycles. The predicted molar refractivity (Wildman–Crippen MR) is 262 cm³/mol. The van der Waals surface area contributed by atoms with Crippen LogP contribution in [0.25, 0.3) is 111 Å². The largest absolute Gasteiger partial charge is 0.309 e. The zero-order valence-corrected chi connectivity index (χ0v) is 34.0. The van der Waals surface area contributed by atoms with Crippen molar-refractivity contribution in [3.63, 3.8) is 0 Å². The molecule has 2 heteroatoms. The van der Waals surface area contributed by atoms with E-state index in [0.717, 1.165) is 11.4 Å². The molecule has 0 unspecified atom stereocenters. The molecule has 290 valence electrons. The SMILES string of the molecule is c1ccc(-c2ccc(-c3ccc(-n4c5ccccc5c5cc(-c6ccc7c(c6)c6c(-c8ccccc8)cccc6n7-c6cccc(-c7ccccc7)c6)ccc54)cc3)cc2)cc1. The maximum absolute atomic E-state index is 2.44. The molecule has 0 bridgehead atoms. The third kappa shape index (κ3) is 6.04. The third-order valence-corrected chi connectivity index (χ3v) is 12.5. The fourth-order valence-corrected chi connectivity index (χ4v) is 9.56. The molecule has 12 rings (SSSR count). The number of hydrogen-bond donors (Lipinski definition) is 0. The normalized spacial score (nSPS) is 11.5. The lowest BCUT2D eigenvalue weighted by Gasteiger charge is -2.11. The van der Waals surface area contributed by atoms with Crippen molar-refractivity contribution in [2.75, 3.05) is 0 Å². The second-order valence-electron chi connectivity index (χ2n) is 16.1. The summed E-state index contributed by atoms with van der Waals surface area (Å²) in [5, 5.41) is 4.98. The number of hydrogen-bond acceptors (Lipinski definition) is 0. The molecule has 0 radical (unpaired) electrons. The molecule has 0 atom stereocenters. The number of para-hydroxylation sites is 1. The standard InChI is InChI=1S/C60H40N2/c1-4-14-41(15-5-1)43-26-28-44(29-27-43)45-30-34-50(35-31-45)61-56-24-11-10-22-53(56)54-39-48(32-36-57(54)61)49-33-37-58-55(40-49)60-52(46-18-8-3-9-19-46)23-13-25-59(60)62(58)51-21-12-20-47(38-51)42-16-6-2-7-17-42/h1-40H. The summed E-state index contributed by atoms with van der Waals surface area (Å²) in [6.45, 7) is 0. The van der Waals surface area contributed by atoms with E-state index < -0.39 is 0 Å². The molecule has 10 aromatic carbocycles. The average Bonchev–Trinajstić information content (AvgIpc) is 3.87. The fourth-order valence-electron chi connectivity index (χ4n) is 9.56. The molecule has 2 heterocycles. The topological polar surface area (TPSA) is 9.86 Å². The Morgan fingerprint density at radius 1 is 0.210 bits per heavy atom. The lowest BCUT2D eigenvalue weighted by molar-refractivity contribution is 1.18. The van der Waals surface area contributed by atoms with Gasteiger partial charge in [-0.15, -0.1) is 0 Å². The van der Waals surface area contributed by atoms with E-state index in [1.165, 1.54) is 99.2 Å². The molecular weight excluding hydrogens is 749 g/mol. The quantitative estimate of drug-likeness (QED) is 0.152. The molecule has 0 amide bonds. The van der Waals surface area contributed by atoms with Gasteiger partial charge in [0, 0.05) is 32.9 Å². The molecule has 0 N–H and O–H groups in total. The zero-order valence-electron chi connectivity index (χ0n) is 34.0. The van der Waals surface area contributed by atoms with E-state index in [1.807, 2.05) is 0 Å². The molecule has 12 aromatic rings. The molecule has 0 saturated carbocycles. The molecule has 2 nitrogen and oxygen atoms in total. The molecule has 0 aliphatic heterocycles. The Bertz CT molecular complexity index is 3580. The van der Waals surface area contributed by atoms with Gasteiger partial charge in [0.15, 0.2) is 0 Å². The fraction of sp³-hybridized carbons (Fsp3) is 0. The first-order chi connectivity index (χ1) is 30.7. The van der Waals surface area contributed by atoms with E-state index >= 15 is 0 Å². The van der Waals surface area contributed by atoms with Gasteiger partial charge in [0.05, 0.1) is 22.1 Å². The van der Waals surface area contributed by atoms with Gasteiger partial charge in [-0.1, -0.05) is 182 Å². The second-order valence-corrected chi connectivity index (χ2v) is 16.1. The van der Waals surface area contributed by atoms with Crippen LogP contribution in [0.4, 0.5) is 0 Å². The number of benzene rings is 10. The predicted octanol–water partition coefficient (Wildman–Crippen LogP) is 16.2. The van der Waals surface area contributed by atoms with Gasteiger partial charge in [0.1, 0.15) is 0 Å². The Hall–Kier alpha value is -8.20.